The third kappa shape index (κ3) is 7.51. The molecule has 12 aromatic carbocycles. The normalized spacial score (nSPS) is 12.3. The Hall–Kier alpha value is -9.30. The van der Waals surface area contributed by atoms with Crippen molar-refractivity contribution in [3.63, 3.8) is 0 Å². The lowest BCUT2D eigenvalue weighted by atomic mass is 9.67. The summed E-state index contributed by atoms with van der Waals surface area (Å²) in [6, 6.07) is 109. The summed E-state index contributed by atoms with van der Waals surface area (Å²) in [5, 5.41) is 2.50. The molecular formula is C71H49N. The zero-order chi connectivity index (χ0) is 47.8. The highest BCUT2D eigenvalue weighted by atomic mass is 15.1. The van der Waals surface area contributed by atoms with E-state index >= 15 is 0 Å². The van der Waals surface area contributed by atoms with Gasteiger partial charge in [0.05, 0.1) is 5.41 Å². The smallest absolute Gasteiger partial charge is 0.0713 e. The zero-order valence-corrected chi connectivity index (χ0v) is 39.7. The second kappa shape index (κ2) is 18.2. The van der Waals surface area contributed by atoms with E-state index in [9.17, 15) is 0 Å². The largest absolute Gasteiger partial charge is 0.310 e. The zero-order valence-electron chi connectivity index (χ0n) is 39.7. The molecule has 72 heavy (non-hydrogen) atoms. The monoisotopic (exact) mass is 915 g/mol. The lowest BCUT2D eigenvalue weighted by molar-refractivity contribution is 0.769. The summed E-state index contributed by atoms with van der Waals surface area (Å²) in [7, 11) is 0. The molecule has 0 aromatic heterocycles. The molecule has 1 heteroatoms. The van der Waals surface area contributed by atoms with Crippen LogP contribution in [0.25, 0.3) is 77.5 Å². The van der Waals surface area contributed by atoms with Crippen LogP contribution in [-0.4, -0.2) is 0 Å². The molecule has 1 aliphatic carbocycles. The Bertz CT molecular complexity index is 3790. The van der Waals surface area contributed by atoms with Gasteiger partial charge in [0.25, 0.3) is 0 Å². The molecule has 0 fully saturated rings. The predicted octanol–water partition coefficient (Wildman–Crippen LogP) is 19.0. The van der Waals surface area contributed by atoms with Crippen molar-refractivity contribution in [1.29, 1.82) is 0 Å². The van der Waals surface area contributed by atoms with Crippen molar-refractivity contribution >= 4 is 27.8 Å². The van der Waals surface area contributed by atoms with Crippen molar-refractivity contribution in [2.45, 2.75) is 5.41 Å². The Kier molecular flexibility index (Phi) is 10.8. The van der Waals surface area contributed by atoms with E-state index in [1.54, 1.807) is 0 Å². The maximum atomic E-state index is 2.45. The Labute approximate surface area is 422 Å². The number of benzene rings is 12. The number of fused-ring (bicyclic) bond motifs is 4. The molecule has 338 valence electrons. The standard InChI is InChI=1S/C71H49N/c1-5-20-50(21-6-1)58-45-59(51-22-7-2-8-23-51)48-64(47-58)72(63-33-18-27-55(46-63)54-26-17-28-57(44-54)66-36-19-25-53-24-13-14-34-65(53)66)62-41-38-52(39-42-62)56-40-43-68-67-35-15-16-37-69(67)71(70(68)49-56,60-29-9-3-10-30-60)61-31-11-4-12-32-61/h1-49H. The maximum absolute atomic E-state index is 2.45. The summed E-state index contributed by atoms with van der Waals surface area (Å²) < 4.78 is 0. The van der Waals surface area contributed by atoms with Crippen molar-refractivity contribution in [1.82, 2.24) is 0 Å². The summed E-state index contributed by atoms with van der Waals surface area (Å²) >= 11 is 0. The van der Waals surface area contributed by atoms with Crippen LogP contribution in [0.3, 0.4) is 0 Å². The topological polar surface area (TPSA) is 3.24 Å². The first-order chi connectivity index (χ1) is 35.7. The van der Waals surface area contributed by atoms with Gasteiger partial charge in [0, 0.05) is 17.1 Å². The molecule has 0 saturated heterocycles. The van der Waals surface area contributed by atoms with Gasteiger partial charge in [-0.1, -0.05) is 243 Å². The van der Waals surface area contributed by atoms with E-state index in [1.165, 1.54) is 77.5 Å². The molecule has 1 nitrogen and oxygen atoms in total. The number of nitrogens with zero attached hydrogens (tertiary/aromatic N) is 1. The summed E-state index contributed by atoms with van der Waals surface area (Å²) in [4.78, 5) is 2.43. The fourth-order valence-electron chi connectivity index (χ4n) is 11.4. The van der Waals surface area contributed by atoms with Crippen LogP contribution < -0.4 is 4.90 Å². The quantitative estimate of drug-likeness (QED) is 0.132. The summed E-state index contributed by atoms with van der Waals surface area (Å²) in [5.41, 5.74) is 22.2. The highest BCUT2D eigenvalue weighted by molar-refractivity contribution is 5.97. The molecule has 0 atom stereocenters. The first kappa shape index (κ1) is 42.8. The van der Waals surface area contributed by atoms with E-state index < -0.39 is 5.41 Å². The summed E-state index contributed by atoms with van der Waals surface area (Å²) in [6.45, 7) is 0. The van der Waals surface area contributed by atoms with Gasteiger partial charge in [0.1, 0.15) is 0 Å². The Balaban J connectivity index is 0.958. The highest BCUT2D eigenvalue weighted by Gasteiger charge is 2.46. The molecular weight excluding hydrogens is 867 g/mol. The molecule has 0 amide bonds. The molecule has 12 aromatic rings. The van der Waals surface area contributed by atoms with Crippen molar-refractivity contribution in [2.75, 3.05) is 4.90 Å². The van der Waals surface area contributed by atoms with E-state index in [2.05, 4.69) is 302 Å². The third-order valence-electron chi connectivity index (χ3n) is 14.7. The molecule has 0 unspecified atom stereocenters. The molecule has 13 rings (SSSR count). The second-order valence-electron chi connectivity index (χ2n) is 18.8. The lowest BCUT2D eigenvalue weighted by Gasteiger charge is -2.34. The van der Waals surface area contributed by atoms with Crippen LogP contribution in [0.4, 0.5) is 17.1 Å². The van der Waals surface area contributed by atoms with Crippen LogP contribution in [0, 0.1) is 0 Å². The number of hydrogen-bond donors (Lipinski definition) is 0. The second-order valence-corrected chi connectivity index (χ2v) is 18.8. The fourth-order valence-corrected chi connectivity index (χ4v) is 11.4. The van der Waals surface area contributed by atoms with Gasteiger partial charge in [0.15, 0.2) is 0 Å². The number of rotatable bonds is 10. The lowest BCUT2D eigenvalue weighted by Crippen LogP contribution is -2.28. The van der Waals surface area contributed by atoms with E-state index in [1.807, 2.05) is 0 Å². The van der Waals surface area contributed by atoms with Crippen LogP contribution in [0.15, 0.2) is 297 Å². The van der Waals surface area contributed by atoms with Crippen LogP contribution in [-0.2, 0) is 5.41 Å². The molecule has 0 heterocycles. The average molecular weight is 916 g/mol. The van der Waals surface area contributed by atoms with Crippen molar-refractivity contribution < 1.29 is 0 Å². The van der Waals surface area contributed by atoms with Crippen LogP contribution in [0.2, 0.25) is 0 Å². The van der Waals surface area contributed by atoms with Crippen molar-refractivity contribution in [3.05, 3.63) is 320 Å². The first-order valence-electron chi connectivity index (χ1n) is 24.9. The summed E-state index contributed by atoms with van der Waals surface area (Å²) in [6.07, 6.45) is 0. The minimum absolute atomic E-state index is 0.471. The van der Waals surface area contributed by atoms with Gasteiger partial charge in [-0.3, -0.25) is 0 Å². The third-order valence-corrected chi connectivity index (χ3v) is 14.7. The van der Waals surface area contributed by atoms with E-state index in [0.29, 0.717) is 0 Å². The van der Waals surface area contributed by atoms with Gasteiger partial charge in [-0.05, 0) is 154 Å². The van der Waals surface area contributed by atoms with Gasteiger partial charge in [-0.15, -0.1) is 0 Å². The minimum atomic E-state index is -0.471. The molecule has 0 spiro atoms. The molecule has 0 bridgehead atoms. The molecule has 0 aliphatic heterocycles. The maximum Gasteiger partial charge on any atom is 0.0713 e. The molecule has 0 saturated carbocycles. The Morgan fingerprint density at radius 2 is 0.667 bits per heavy atom. The summed E-state index contributed by atoms with van der Waals surface area (Å²) in [5.74, 6) is 0. The number of hydrogen-bond acceptors (Lipinski definition) is 1. The van der Waals surface area contributed by atoms with E-state index in [0.717, 1.165) is 39.3 Å². The molecule has 0 N–H and O–H groups in total. The van der Waals surface area contributed by atoms with Gasteiger partial charge in [-0.2, -0.15) is 0 Å². The van der Waals surface area contributed by atoms with Crippen LogP contribution in [0.5, 0.6) is 0 Å². The van der Waals surface area contributed by atoms with Gasteiger partial charge < -0.3 is 4.90 Å². The van der Waals surface area contributed by atoms with Crippen LogP contribution >= 0.6 is 0 Å². The van der Waals surface area contributed by atoms with Crippen LogP contribution in [0.1, 0.15) is 22.3 Å². The highest BCUT2D eigenvalue weighted by Crippen LogP contribution is 2.57. The minimum Gasteiger partial charge on any atom is -0.310 e. The number of anilines is 3. The molecule has 0 radical (unpaired) electrons. The van der Waals surface area contributed by atoms with Gasteiger partial charge >= 0.3 is 0 Å². The van der Waals surface area contributed by atoms with Gasteiger partial charge in [-0.25, -0.2) is 0 Å². The van der Waals surface area contributed by atoms with E-state index in [-0.39, 0.29) is 0 Å². The first-order valence-corrected chi connectivity index (χ1v) is 24.9. The molecule has 1 aliphatic rings. The predicted molar refractivity (Wildman–Crippen MR) is 303 cm³/mol. The SMILES string of the molecule is c1ccc(-c2cc(-c3ccccc3)cc(N(c3ccc(-c4ccc5c(c4)C(c4ccccc4)(c4ccccc4)c4ccccc4-5)cc3)c3cccc(-c4cccc(-c5cccc6ccccc56)c4)c3)c2)cc1. The fraction of sp³-hybridized carbons (Fsp3) is 0.0141. The Morgan fingerprint density at radius 3 is 1.36 bits per heavy atom. The average Bonchev–Trinajstić information content (AvgIpc) is 3.76. The van der Waals surface area contributed by atoms with Crippen molar-refractivity contribution in [3.8, 4) is 66.8 Å². The van der Waals surface area contributed by atoms with Crippen molar-refractivity contribution in [2.24, 2.45) is 0 Å². The van der Waals surface area contributed by atoms with Gasteiger partial charge in [0.2, 0.25) is 0 Å². The Morgan fingerprint density at radius 1 is 0.222 bits per heavy atom. The van der Waals surface area contributed by atoms with E-state index in [4.69, 9.17) is 0 Å².